The summed E-state index contributed by atoms with van der Waals surface area (Å²) in [6.07, 6.45) is 4.42. The fourth-order valence-corrected chi connectivity index (χ4v) is 3.34. The second kappa shape index (κ2) is 7.75. The van der Waals surface area contributed by atoms with Gasteiger partial charge in [0.15, 0.2) is 9.84 Å². The third-order valence-corrected chi connectivity index (χ3v) is 5.37. The molecule has 0 aliphatic rings. The second-order valence-corrected chi connectivity index (χ2v) is 8.46. The highest BCUT2D eigenvalue weighted by molar-refractivity contribution is 7.90. The quantitative estimate of drug-likeness (QED) is 0.710. The molecule has 0 saturated carbocycles. The molecular formula is C20H21N3O3S. The summed E-state index contributed by atoms with van der Waals surface area (Å²) in [5.74, 6) is -0.228. The highest BCUT2D eigenvalue weighted by Crippen LogP contribution is 2.17. The van der Waals surface area contributed by atoms with Crippen LogP contribution >= 0.6 is 0 Å². The Morgan fingerprint density at radius 1 is 1.11 bits per heavy atom. The highest BCUT2D eigenvalue weighted by atomic mass is 32.2. The van der Waals surface area contributed by atoms with Gasteiger partial charge in [0.1, 0.15) is 0 Å². The molecule has 140 valence electrons. The summed E-state index contributed by atoms with van der Waals surface area (Å²) < 4.78 is 24.8. The van der Waals surface area contributed by atoms with Crippen molar-refractivity contribution < 1.29 is 13.2 Å². The van der Waals surface area contributed by atoms with E-state index in [0.29, 0.717) is 12.1 Å². The number of nitrogens with one attached hydrogen (secondary N) is 1. The molecule has 1 atom stereocenters. The van der Waals surface area contributed by atoms with Gasteiger partial charge in [-0.3, -0.25) is 9.48 Å². The van der Waals surface area contributed by atoms with Crippen LogP contribution in [-0.4, -0.2) is 30.4 Å². The van der Waals surface area contributed by atoms with E-state index in [1.54, 1.807) is 35.1 Å². The molecule has 0 aliphatic carbocycles. The Morgan fingerprint density at radius 3 is 2.41 bits per heavy atom. The van der Waals surface area contributed by atoms with Crippen LogP contribution in [0.2, 0.25) is 0 Å². The third-order valence-electron chi connectivity index (χ3n) is 4.24. The van der Waals surface area contributed by atoms with Crippen LogP contribution in [0.3, 0.4) is 0 Å². The molecule has 0 bridgehead atoms. The van der Waals surface area contributed by atoms with Gasteiger partial charge in [0.25, 0.3) is 5.91 Å². The largest absolute Gasteiger partial charge is 0.345 e. The predicted molar refractivity (Wildman–Crippen MR) is 103 cm³/mol. The molecule has 1 N–H and O–H groups in total. The number of carbonyl (C=O) groups excluding carboxylic acids is 1. The highest BCUT2D eigenvalue weighted by Gasteiger charge is 2.14. The van der Waals surface area contributed by atoms with E-state index in [0.717, 1.165) is 11.1 Å². The zero-order valence-electron chi connectivity index (χ0n) is 15.2. The lowest BCUT2D eigenvalue weighted by Crippen LogP contribution is -2.26. The molecule has 7 heteroatoms. The second-order valence-electron chi connectivity index (χ2n) is 6.45. The van der Waals surface area contributed by atoms with Crippen LogP contribution in [0.5, 0.6) is 0 Å². The van der Waals surface area contributed by atoms with Gasteiger partial charge in [-0.2, -0.15) is 5.10 Å². The molecule has 0 aliphatic heterocycles. The van der Waals surface area contributed by atoms with E-state index in [-0.39, 0.29) is 16.8 Å². The summed E-state index contributed by atoms with van der Waals surface area (Å²) >= 11 is 0. The normalized spacial score (nSPS) is 12.5. The third kappa shape index (κ3) is 4.83. The molecule has 6 nitrogen and oxygen atoms in total. The number of sulfone groups is 1. The van der Waals surface area contributed by atoms with Crippen molar-refractivity contribution in [3.8, 4) is 0 Å². The van der Waals surface area contributed by atoms with Gasteiger partial charge in [-0.25, -0.2) is 8.42 Å². The van der Waals surface area contributed by atoms with Gasteiger partial charge in [-0.05, 0) is 30.2 Å². The molecule has 1 heterocycles. The summed E-state index contributed by atoms with van der Waals surface area (Å²) in [4.78, 5) is 12.7. The maximum Gasteiger partial charge on any atom is 0.254 e. The van der Waals surface area contributed by atoms with Crippen molar-refractivity contribution in [3.05, 3.63) is 83.7 Å². The lowest BCUT2D eigenvalue weighted by atomic mass is 10.1. The van der Waals surface area contributed by atoms with E-state index in [2.05, 4.69) is 10.4 Å². The summed E-state index contributed by atoms with van der Waals surface area (Å²) in [7, 11) is -3.23. The van der Waals surface area contributed by atoms with Crippen molar-refractivity contribution >= 4 is 15.7 Å². The number of aromatic nitrogens is 2. The van der Waals surface area contributed by atoms with Crippen molar-refractivity contribution in [1.82, 2.24) is 15.1 Å². The van der Waals surface area contributed by atoms with E-state index < -0.39 is 9.84 Å². The molecule has 3 aromatic rings. The van der Waals surface area contributed by atoms with Crippen LogP contribution in [-0.2, 0) is 16.4 Å². The lowest BCUT2D eigenvalue weighted by Gasteiger charge is -2.14. The van der Waals surface area contributed by atoms with Gasteiger partial charge in [0, 0.05) is 12.5 Å². The van der Waals surface area contributed by atoms with Crippen molar-refractivity contribution in [1.29, 1.82) is 0 Å². The Labute approximate surface area is 158 Å². The van der Waals surface area contributed by atoms with Crippen LogP contribution < -0.4 is 5.32 Å². The zero-order chi connectivity index (χ0) is 19.4. The average Bonchev–Trinajstić information content (AvgIpc) is 3.10. The number of hydrogen-bond acceptors (Lipinski definition) is 4. The molecule has 3 rings (SSSR count). The first kappa shape index (κ1) is 18.8. The molecule has 1 aromatic heterocycles. The van der Waals surface area contributed by atoms with Crippen LogP contribution in [0.4, 0.5) is 0 Å². The Balaban J connectivity index is 1.65. The van der Waals surface area contributed by atoms with Crippen LogP contribution in [0.15, 0.2) is 71.9 Å². The number of hydrogen-bond donors (Lipinski definition) is 1. The monoisotopic (exact) mass is 383 g/mol. The maximum absolute atomic E-state index is 12.5. The predicted octanol–water partition coefficient (Wildman–Crippen LogP) is 2.83. The first-order valence-electron chi connectivity index (χ1n) is 8.50. The first-order chi connectivity index (χ1) is 12.8. The average molecular weight is 383 g/mol. The Hall–Kier alpha value is -2.93. The smallest absolute Gasteiger partial charge is 0.254 e. The molecular weight excluding hydrogens is 362 g/mol. The molecule has 0 saturated heterocycles. The molecule has 0 fully saturated rings. The lowest BCUT2D eigenvalue weighted by molar-refractivity contribution is 0.0939. The zero-order valence-corrected chi connectivity index (χ0v) is 16.0. The fourth-order valence-electron chi connectivity index (χ4n) is 2.70. The summed E-state index contributed by atoms with van der Waals surface area (Å²) in [6.45, 7) is 2.44. The van der Waals surface area contributed by atoms with Crippen molar-refractivity contribution in [2.45, 2.75) is 24.4 Å². The van der Waals surface area contributed by atoms with E-state index in [1.807, 2.05) is 37.3 Å². The van der Waals surface area contributed by atoms with Crippen molar-refractivity contribution in [2.75, 3.05) is 6.26 Å². The summed E-state index contributed by atoms with van der Waals surface area (Å²) in [6, 6.07) is 16.1. The maximum atomic E-state index is 12.5. The SMILES string of the molecule is CC(NC(=O)c1cnn(Cc2ccccc2)c1)c1ccc(S(C)(=O)=O)cc1. The molecule has 0 radical (unpaired) electrons. The Bertz CT molecular complexity index is 1030. The topological polar surface area (TPSA) is 81.1 Å². The molecule has 27 heavy (non-hydrogen) atoms. The number of benzene rings is 2. The van der Waals surface area contributed by atoms with Crippen molar-refractivity contribution in [3.63, 3.8) is 0 Å². The minimum absolute atomic E-state index is 0.228. The molecule has 1 unspecified atom stereocenters. The number of carbonyl (C=O) groups is 1. The van der Waals surface area contributed by atoms with Gasteiger partial charge in [-0.1, -0.05) is 42.5 Å². The van der Waals surface area contributed by atoms with E-state index in [1.165, 1.54) is 12.5 Å². The standard InChI is InChI=1S/C20H21N3O3S/c1-15(17-8-10-19(11-9-17)27(2,25)26)22-20(24)18-12-21-23(14-18)13-16-6-4-3-5-7-16/h3-12,14-15H,13H2,1-2H3,(H,22,24). The molecule has 0 spiro atoms. The Morgan fingerprint density at radius 2 is 1.78 bits per heavy atom. The fraction of sp³-hybridized carbons (Fsp3) is 0.200. The number of rotatable bonds is 6. The Kier molecular flexibility index (Phi) is 5.41. The van der Waals surface area contributed by atoms with Crippen molar-refractivity contribution in [2.24, 2.45) is 0 Å². The van der Waals surface area contributed by atoms with Gasteiger partial charge in [0.05, 0.1) is 29.2 Å². The number of nitrogens with zero attached hydrogens (tertiary/aromatic N) is 2. The van der Waals surface area contributed by atoms with E-state index >= 15 is 0 Å². The van der Waals surface area contributed by atoms with Crippen LogP contribution in [0, 0.1) is 0 Å². The van der Waals surface area contributed by atoms with Gasteiger partial charge >= 0.3 is 0 Å². The summed E-state index contributed by atoms with van der Waals surface area (Å²) in [5, 5.41) is 7.15. The molecule has 2 aromatic carbocycles. The first-order valence-corrected chi connectivity index (χ1v) is 10.4. The van der Waals surface area contributed by atoms with Crippen LogP contribution in [0.1, 0.15) is 34.5 Å². The minimum Gasteiger partial charge on any atom is -0.345 e. The number of amides is 1. The van der Waals surface area contributed by atoms with Gasteiger partial charge < -0.3 is 5.32 Å². The van der Waals surface area contributed by atoms with Gasteiger partial charge in [0.2, 0.25) is 0 Å². The summed E-state index contributed by atoms with van der Waals surface area (Å²) in [5.41, 5.74) is 2.41. The van der Waals surface area contributed by atoms with E-state index in [9.17, 15) is 13.2 Å². The van der Waals surface area contributed by atoms with Crippen LogP contribution in [0.25, 0.3) is 0 Å². The molecule has 1 amide bonds. The minimum atomic E-state index is -3.23. The van der Waals surface area contributed by atoms with E-state index in [4.69, 9.17) is 0 Å². The van der Waals surface area contributed by atoms with Gasteiger partial charge in [-0.15, -0.1) is 0 Å².